The van der Waals surface area contributed by atoms with E-state index in [0.29, 0.717) is 0 Å². The van der Waals surface area contributed by atoms with Crippen LogP contribution >= 0.6 is 0 Å². The normalized spacial score (nSPS) is 11.9. The van der Waals surface area contributed by atoms with E-state index < -0.39 is 13.3 Å². The fourth-order valence-electron chi connectivity index (χ4n) is 2.98. The van der Waals surface area contributed by atoms with Crippen molar-refractivity contribution < 1.29 is 0 Å². The number of aryl methyl sites for hydroxylation is 2. The summed E-state index contributed by atoms with van der Waals surface area (Å²) >= 11 is -1.84. The Morgan fingerprint density at radius 3 is 2.14 bits per heavy atom. The molecule has 0 fully saturated rings. The van der Waals surface area contributed by atoms with Crippen LogP contribution in [-0.2, 0) is 0 Å². The van der Waals surface area contributed by atoms with Crippen LogP contribution in [0, 0.1) is 13.8 Å². The van der Waals surface area contributed by atoms with E-state index in [1.54, 1.807) is 0 Å². The molecule has 0 amide bonds. The second-order valence-corrected chi connectivity index (χ2v) is 17.9. The number of rotatable bonds is 2. The van der Waals surface area contributed by atoms with Gasteiger partial charge in [0.15, 0.2) is 0 Å². The summed E-state index contributed by atoms with van der Waals surface area (Å²) in [6.45, 7) is 4.30. The van der Waals surface area contributed by atoms with Gasteiger partial charge >= 0.3 is 136 Å². The Labute approximate surface area is 135 Å². The summed E-state index contributed by atoms with van der Waals surface area (Å²) in [5.41, 5.74) is 4.91. The summed E-state index contributed by atoms with van der Waals surface area (Å²) in [4.78, 5) is 4.70. The van der Waals surface area contributed by atoms with Gasteiger partial charge in [0.05, 0.1) is 0 Å². The molecule has 0 bridgehead atoms. The van der Waals surface area contributed by atoms with Crippen molar-refractivity contribution in [2.24, 2.45) is 0 Å². The van der Waals surface area contributed by atoms with E-state index in [2.05, 4.69) is 73.6 Å². The van der Waals surface area contributed by atoms with Crippen LogP contribution in [0.4, 0.5) is 0 Å². The van der Waals surface area contributed by atoms with E-state index >= 15 is 0 Å². The van der Waals surface area contributed by atoms with Gasteiger partial charge in [-0.15, -0.1) is 0 Å². The Kier molecular flexibility index (Phi) is 3.86. The molecule has 3 rings (SSSR count). The van der Waals surface area contributed by atoms with E-state index in [1.807, 2.05) is 6.20 Å². The summed E-state index contributed by atoms with van der Waals surface area (Å²) in [7, 11) is 0. The third-order valence-electron chi connectivity index (χ3n) is 4.13. The van der Waals surface area contributed by atoms with Crippen LogP contribution in [0.15, 0.2) is 48.7 Å². The number of aromatic nitrogens is 1. The summed E-state index contributed by atoms with van der Waals surface area (Å²) in [6, 6.07) is 15.8. The first-order valence-corrected chi connectivity index (χ1v) is 15.2. The van der Waals surface area contributed by atoms with Gasteiger partial charge in [0.1, 0.15) is 0 Å². The number of pyridine rings is 1. The first-order chi connectivity index (χ1) is 10.3. The zero-order valence-electron chi connectivity index (χ0n) is 14.1. The minimum atomic E-state index is -1.84. The van der Waals surface area contributed by atoms with Gasteiger partial charge in [-0.1, -0.05) is 0 Å². The molecule has 0 radical (unpaired) electrons. The van der Waals surface area contributed by atoms with Gasteiger partial charge in [0.2, 0.25) is 0 Å². The average Bonchev–Trinajstić information content (AvgIpc) is 2.44. The Hall–Kier alpha value is -1.61. The molecule has 0 aliphatic carbocycles. The molecule has 0 unspecified atom stereocenters. The molecule has 22 heavy (non-hydrogen) atoms. The van der Waals surface area contributed by atoms with Crippen molar-refractivity contribution in [1.29, 1.82) is 0 Å². The number of hydrogen-bond donors (Lipinski definition) is 0. The van der Waals surface area contributed by atoms with Crippen molar-refractivity contribution in [3.05, 3.63) is 59.8 Å². The molecule has 0 aliphatic heterocycles. The molecule has 0 atom stereocenters. The van der Waals surface area contributed by atoms with Crippen LogP contribution in [0.1, 0.15) is 11.1 Å². The maximum absolute atomic E-state index is 4.70. The van der Waals surface area contributed by atoms with Gasteiger partial charge in [-0.05, 0) is 0 Å². The van der Waals surface area contributed by atoms with Crippen molar-refractivity contribution in [1.82, 2.24) is 4.98 Å². The zero-order chi connectivity index (χ0) is 15.9. The molecule has 0 aliphatic rings. The predicted octanol–water partition coefficient (Wildman–Crippen LogP) is 5.06. The molecule has 1 aromatic heterocycles. The molecule has 2 heteroatoms. The average molecular weight is 350 g/mol. The van der Waals surface area contributed by atoms with Crippen molar-refractivity contribution in [3.63, 3.8) is 0 Å². The second-order valence-electron chi connectivity index (χ2n) is 7.22. The third-order valence-corrected chi connectivity index (χ3v) is 8.41. The molecule has 1 heterocycles. The summed E-state index contributed by atoms with van der Waals surface area (Å²) in [6.07, 6.45) is 1.92. The van der Waals surface area contributed by atoms with Crippen LogP contribution in [0.5, 0.6) is 0 Å². The van der Waals surface area contributed by atoms with Crippen LogP contribution in [0.3, 0.4) is 0 Å². The second kappa shape index (κ2) is 5.55. The van der Waals surface area contributed by atoms with E-state index in [4.69, 9.17) is 4.98 Å². The van der Waals surface area contributed by atoms with Gasteiger partial charge in [-0.25, -0.2) is 0 Å². The van der Waals surface area contributed by atoms with Crippen molar-refractivity contribution in [3.8, 4) is 11.3 Å². The Balaban J connectivity index is 2.29. The van der Waals surface area contributed by atoms with E-state index in [-0.39, 0.29) is 0 Å². The number of nitrogens with zero attached hydrogens (tertiary/aromatic N) is 1. The number of fused-ring (bicyclic) bond motifs is 1. The molecule has 0 spiro atoms. The first kappa shape index (κ1) is 15.3. The van der Waals surface area contributed by atoms with E-state index in [0.717, 1.165) is 5.69 Å². The molecular formula is C20H23GeN. The molecule has 0 saturated carbocycles. The van der Waals surface area contributed by atoms with Crippen LogP contribution in [0.2, 0.25) is 17.3 Å². The van der Waals surface area contributed by atoms with Crippen LogP contribution < -0.4 is 4.40 Å². The van der Waals surface area contributed by atoms with Crippen LogP contribution in [0.25, 0.3) is 22.0 Å². The SMILES string of the molecule is Cc1cc(C)cc(-c2nccc3cc[c]([Ge]([CH3])([CH3])[CH3])cc23)c1. The molecule has 3 aromatic rings. The molecular weight excluding hydrogens is 327 g/mol. The van der Waals surface area contributed by atoms with Crippen LogP contribution in [-0.4, -0.2) is 18.3 Å². The molecule has 1 nitrogen and oxygen atoms in total. The van der Waals surface area contributed by atoms with Crippen molar-refractivity contribution in [2.45, 2.75) is 31.1 Å². The van der Waals surface area contributed by atoms with E-state index in [9.17, 15) is 0 Å². The van der Waals surface area contributed by atoms with Crippen molar-refractivity contribution in [2.75, 3.05) is 0 Å². The molecule has 112 valence electrons. The third kappa shape index (κ3) is 2.95. The topological polar surface area (TPSA) is 12.9 Å². The van der Waals surface area contributed by atoms with Crippen molar-refractivity contribution >= 4 is 28.4 Å². The standard InChI is InChI=1S/C20H23GeN/c1-14-10-15(2)12-17(11-14)20-19-13-18(21(3,4)5)7-6-16(19)8-9-22-20/h6-13H,1-5H3. The summed E-state index contributed by atoms with van der Waals surface area (Å²) in [5.74, 6) is 7.32. The summed E-state index contributed by atoms with van der Waals surface area (Å²) < 4.78 is 1.53. The Morgan fingerprint density at radius 1 is 0.818 bits per heavy atom. The van der Waals surface area contributed by atoms with Gasteiger partial charge in [-0.2, -0.15) is 0 Å². The monoisotopic (exact) mass is 351 g/mol. The predicted molar refractivity (Wildman–Crippen MR) is 99.6 cm³/mol. The Morgan fingerprint density at radius 2 is 1.50 bits per heavy atom. The van der Waals surface area contributed by atoms with Gasteiger partial charge in [0, 0.05) is 0 Å². The summed E-state index contributed by atoms with van der Waals surface area (Å²) in [5, 5.41) is 2.56. The minimum absolute atomic E-state index is 1.11. The fraction of sp³-hybridized carbons (Fsp3) is 0.250. The fourth-order valence-corrected chi connectivity index (χ4v) is 5.41. The molecule has 0 saturated heterocycles. The van der Waals surface area contributed by atoms with Gasteiger partial charge in [0.25, 0.3) is 0 Å². The quantitative estimate of drug-likeness (QED) is 0.589. The molecule has 2 aromatic carbocycles. The van der Waals surface area contributed by atoms with Gasteiger partial charge in [-0.3, -0.25) is 0 Å². The zero-order valence-corrected chi connectivity index (χ0v) is 16.2. The maximum atomic E-state index is 4.70. The Bertz CT molecular complexity index is 824. The van der Waals surface area contributed by atoms with E-state index in [1.165, 1.54) is 31.9 Å². The molecule has 0 N–H and O–H groups in total. The number of hydrogen-bond acceptors (Lipinski definition) is 1. The number of benzene rings is 2. The van der Waals surface area contributed by atoms with Gasteiger partial charge < -0.3 is 0 Å². The first-order valence-electron chi connectivity index (χ1n) is 7.82.